The molecule has 12 nitrogen and oxygen atoms in total. The molecule has 2 aromatic carbocycles. The summed E-state index contributed by atoms with van der Waals surface area (Å²) in [5.41, 5.74) is -0.485. The maximum absolute atomic E-state index is 12.9. The number of benzene rings is 2. The van der Waals surface area contributed by atoms with E-state index in [0.717, 1.165) is 4.90 Å². The van der Waals surface area contributed by atoms with Gasteiger partial charge in [-0.25, -0.2) is 18.0 Å². The Bertz CT molecular complexity index is 1240. The number of carboxylic acids is 1. The average Bonchev–Trinajstić information content (AvgIpc) is 2.84. The Balaban J connectivity index is 2.14. The first-order valence-corrected chi connectivity index (χ1v) is 13.1. The molecule has 2 rings (SSSR count). The van der Waals surface area contributed by atoms with E-state index in [9.17, 15) is 32.7 Å². The predicted molar refractivity (Wildman–Crippen MR) is 138 cm³/mol. The Morgan fingerprint density at radius 2 is 1.61 bits per heavy atom. The molecule has 3 amide bonds. The Kier molecular flexibility index (Phi) is 10.2. The van der Waals surface area contributed by atoms with E-state index in [1.54, 1.807) is 51.1 Å². The lowest BCUT2D eigenvalue weighted by atomic mass is 10.2. The van der Waals surface area contributed by atoms with Gasteiger partial charge in [-0.3, -0.25) is 9.59 Å². The van der Waals surface area contributed by atoms with Crippen LogP contribution >= 0.6 is 0 Å². The van der Waals surface area contributed by atoms with Crippen molar-refractivity contribution < 1.29 is 42.2 Å². The highest BCUT2D eigenvalue weighted by atomic mass is 32.2. The number of nitrogens with zero attached hydrogens (tertiary/aromatic N) is 1. The zero-order chi connectivity index (χ0) is 28.5. The number of carbonyl (C=O) groups excluding carboxylic acids is 3. The van der Waals surface area contributed by atoms with Gasteiger partial charge in [0.25, 0.3) is 0 Å². The van der Waals surface area contributed by atoms with Crippen LogP contribution in [0.25, 0.3) is 0 Å². The van der Waals surface area contributed by atoms with Crippen LogP contribution in [0.1, 0.15) is 20.8 Å². The fraction of sp³-hybridized carbons (Fsp3) is 0.360. The summed E-state index contributed by atoms with van der Waals surface area (Å²) < 4.78 is 35.6. The summed E-state index contributed by atoms with van der Waals surface area (Å²) in [6.07, 6.45) is -0.835. The highest BCUT2D eigenvalue weighted by molar-refractivity contribution is 7.91. The molecule has 0 spiro atoms. The van der Waals surface area contributed by atoms with Crippen molar-refractivity contribution in [3.05, 3.63) is 54.6 Å². The van der Waals surface area contributed by atoms with Gasteiger partial charge in [0.05, 0.1) is 17.8 Å². The van der Waals surface area contributed by atoms with E-state index in [4.69, 9.17) is 9.47 Å². The summed E-state index contributed by atoms with van der Waals surface area (Å²) in [7, 11) is -2.69. The number of amides is 3. The van der Waals surface area contributed by atoms with Gasteiger partial charge in [0.2, 0.25) is 11.8 Å². The number of ether oxygens (including phenoxy) is 2. The van der Waals surface area contributed by atoms with E-state index >= 15 is 0 Å². The summed E-state index contributed by atoms with van der Waals surface area (Å²) in [6, 6.07) is 11.6. The lowest BCUT2D eigenvalue weighted by molar-refractivity contribution is -0.141. The van der Waals surface area contributed by atoms with Crippen molar-refractivity contribution in [2.75, 3.05) is 30.9 Å². The highest BCUT2D eigenvalue weighted by Crippen LogP contribution is 2.18. The number of nitrogens with one attached hydrogen (secondary N) is 2. The molecule has 1 atom stereocenters. The molecule has 0 aliphatic carbocycles. The smallest absolute Gasteiger partial charge is 0.408 e. The largest absolute Gasteiger partial charge is 0.497 e. The van der Waals surface area contributed by atoms with Crippen molar-refractivity contribution in [3.8, 4) is 5.75 Å². The summed E-state index contributed by atoms with van der Waals surface area (Å²) in [5, 5.41) is 14.1. The Hall–Kier alpha value is -4.13. The third kappa shape index (κ3) is 9.39. The first-order chi connectivity index (χ1) is 17.7. The second kappa shape index (κ2) is 12.9. The zero-order valence-corrected chi connectivity index (χ0v) is 22.3. The summed E-state index contributed by atoms with van der Waals surface area (Å²) in [4.78, 5) is 50.3. The molecule has 0 saturated carbocycles. The topological polar surface area (TPSA) is 168 Å². The number of aliphatic carboxylic acids is 1. The Morgan fingerprint density at radius 1 is 1.00 bits per heavy atom. The number of alkyl carbamates (subject to hydrolysis) is 1. The van der Waals surface area contributed by atoms with Crippen molar-refractivity contribution >= 4 is 39.4 Å². The van der Waals surface area contributed by atoms with Crippen LogP contribution in [0.3, 0.4) is 0 Å². The molecule has 38 heavy (non-hydrogen) atoms. The molecule has 0 aliphatic heterocycles. The number of methoxy groups -OCH3 is 1. The molecule has 0 aliphatic rings. The second-order valence-electron chi connectivity index (χ2n) is 9.09. The van der Waals surface area contributed by atoms with Gasteiger partial charge in [-0.15, -0.1) is 0 Å². The number of rotatable bonds is 11. The van der Waals surface area contributed by atoms with E-state index in [1.807, 2.05) is 0 Å². The van der Waals surface area contributed by atoms with Crippen LogP contribution in [0, 0.1) is 0 Å². The molecule has 0 radical (unpaired) electrons. The number of para-hydroxylation sites is 1. The van der Waals surface area contributed by atoms with Gasteiger partial charge in [-0.2, -0.15) is 0 Å². The first-order valence-electron chi connectivity index (χ1n) is 11.4. The minimum Gasteiger partial charge on any atom is -0.497 e. The van der Waals surface area contributed by atoms with Crippen molar-refractivity contribution in [3.63, 3.8) is 0 Å². The summed E-state index contributed by atoms with van der Waals surface area (Å²) in [6.45, 7) is 3.82. The van der Waals surface area contributed by atoms with E-state index in [0.29, 0.717) is 11.4 Å². The van der Waals surface area contributed by atoms with E-state index in [2.05, 4.69) is 10.6 Å². The van der Waals surface area contributed by atoms with Gasteiger partial charge >= 0.3 is 12.1 Å². The fourth-order valence-electron chi connectivity index (χ4n) is 3.15. The van der Waals surface area contributed by atoms with E-state index in [1.165, 1.54) is 31.4 Å². The van der Waals surface area contributed by atoms with Crippen LogP contribution in [-0.4, -0.2) is 75.0 Å². The summed E-state index contributed by atoms with van der Waals surface area (Å²) in [5.74, 6) is -3.68. The number of sulfone groups is 1. The van der Waals surface area contributed by atoms with Gasteiger partial charge in [0.15, 0.2) is 9.84 Å². The normalized spacial score (nSPS) is 12.1. The number of hydrogen-bond donors (Lipinski definition) is 3. The SMILES string of the molecule is COc1ccc(S(=O)(=O)CC(NC(=O)CN(C(=O)CNC(=O)OC(C)(C)C)c2ccccc2)C(=O)O)cc1. The molecule has 0 aromatic heterocycles. The number of carboxylic acid groups (broad SMARTS) is 1. The number of hydrogen-bond acceptors (Lipinski definition) is 8. The molecule has 0 fully saturated rings. The molecule has 3 N–H and O–H groups in total. The fourth-order valence-corrected chi connectivity index (χ4v) is 4.55. The van der Waals surface area contributed by atoms with Crippen LogP contribution in [0.2, 0.25) is 0 Å². The third-order valence-corrected chi connectivity index (χ3v) is 6.65. The Morgan fingerprint density at radius 3 is 2.13 bits per heavy atom. The third-order valence-electron chi connectivity index (χ3n) is 4.89. The first kappa shape index (κ1) is 30.1. The van der Waals surface area contributed by atoms with Crippen LogP contribution < -0.4 is 20.3 Å². The lowest BCUT2D eigenvalue weighted by Crippen LogP contribution is -2.51. The number of anilines is 1. The van der Waals surface area contributed by atoms with Crippen molar-refractivity contribution in [1.82, 2.24) is 10.6 Å². The van der Waals surface area contributed by atoms with Gasteiger partial charge in [0, 0.05) is 5.69 Å². The molecule has 0 bridgehead atoms. The van der Waals surface area contributed by atoms with Crippen molar-refractivity contribution in [1.29, 1.82) is 0 Å². The molecule has 0 heterocycles. The average molecular weight is 550 g/mol. The zero-order valence-electron chi connectivity index (χ0n) is 21.5. The molecular weight excluding hydrogens is 518 g/mol. The molecule has 0 saturated heterocycles. The van der Waals surface area contributed by atoms with Crippen LogP contribution in [0.15, 0.2) is 59.5 Å². The van der Waals surface area contributed by atoms with Crippen LogP contribution in [-0.2, 0) is 29.0 Å². The number of carbonyl (C=O) groups is 4. The molecular formula is C25H31N3O9S. The minimum atomic E-state index is -4.10. The molecule has 2 aromatic rings. The standard InChI is InChI=1S/C25H31N3O9S/c1-25(2,3)37-24(33)26-14-22(30)28(17-8-6-5-7-9-17)15-21(29)27-20(23(31)32)16-38(34,35)19-12-10-18(36-4)11-13-19/h5-13,20H,14-16H2,1-4H3,(H,26,33)(H,27,29)(H,31,32). The molecule has 13 heteroatoms. The monoisotopic (exact) mass is 549 g/mol. The van der Waals surface area contributed by atoms with Crippen molar-refractivity contribution in [2.45, 2.75) is 37.3 Å². The Labute approximate surface area is 220 Å². The van der Waals surface area contributed by atoms with Gasteiger partial charge in [0.1, 0.15) is 30.5 Å². The second-order valence-corrected chi connectivity index (χ2v) is 11.1. The maximum atomic E-state index is 12.9. The maximum Gasteiger partial charge on any atom is 0.408 e. The van der Waals surface area contributed by atoms with Crippen LogP contribution in [0.5, 0.6) is 5.75 Å². The minimum absolute atomic E-state index is 0.145. The highest BCUT2D eigenvalue weighted by Gasteiger charge is 2.30. The lowest BCUT2D eigenvalue weighted by Gasteiger charge is -2.24. The van der Waals surface area contributed by atoms with E-state index in [-0.39, 0.29) is 4.90 Å². The quantitative estimate of drug-likeness (QED) is 0.377. The van der Waals surface area contributed by atoms with Crippen molar-refractivity contribution in [2.24, 2.45) is 0 Å². The van der Waals surface area contributed by atoms with Gasteiger partial charge in [-0.1, -0.05) is 18.2 Å². The van der Waals surface area contributed by atoms with Gasteiger partial charge in [-0.05, 0) is 57.2 Å². The molecule has 1 unspecified atom stereocenters. The van der Waals surface area contributed by atoms with Gasteiger partial charge < -0.3 is 30.1 Å². The molecule has 206 valence electrons. The summed E-state index contributed by atoms with van der Waals surface area (Å²) >= 11 is 0. The van der Waals surface area contributed by atoms with E-state index < -0.39 is 64.2 Å². The predicted octanol–water partition coefficient (Wildman–Crippen LogP) is 1.60. The van der Waals surface area contributed by atoms with Crippen LogP contribution in [0.4, 0.5) is 10.5 Å².